The number of hydrogen-bond donors (Lipinski definition) is 0. The Bertz CT molecular complexity index is 582. The van der Waals surface area contributed by atoms with Crippen molar-refractivity contribution < 1.29 is 4.42 Å². The Labute approximate surface area is 81.2 Å². The quantitative estimate of drug-likeness (QED) is 0.464. The molecule has 0 spiro atoms. The lowest BCUT2D eigenvalue weighted by atomic mass is 10.2. The van der Waals surface area contributed by atoms with Gasteiger partial charge in [-0.2, -0.15) is 0 Å². The maximum atomic E-state index is 11.4. The van der Waals surface area contributed by atoms with Gasteiger partial charge in [0.05, 0.1) is 0 Å². The number of para-hydroxylation sites is 1. The van der Waals surface area contributed by atoms with Crippen LogP contribution in [0.15, 0.2) is 39.5 Å². The van der Waals surface area contributed by atoms with Crippen LogP contribution >= 0.6 is 0 Å². The van der Waals surface area contributed by atoms with Crippen LogP contribution in [0, 0.1) is 11.8 Å². The summed E-state index contributed by atoms with van der Waals surface area (Å²) in [5, 5.41) is 0.893. The number of hydrogen-bond acceptors (Lipinski definition) is 2. The average Bonchev–Trinajstić information content (AvgIpc) is 2.19. The van der Waals surface area contributed by atoms with Crippen LogP contribution in [0.25, 0.3) is 11.0 Å². The van der Waals surface area contributed by atoms with E-state index in [4.69, 9.17) is 4.42 Å². The molecule has 0 aliphatic carbocycles. The molecule has 0 saturated carbocycles. The van der Waals surface area contributed by atoms with E-state index in [0.29, 0.717) is 11.1 Å². The van der Waals surface area contributed by atoms with E-state index in [9.17, 15) is 4.79 Å². The predicted molar refractivity (Wildman–Crippen MR) is 55.0 cm³/mol. The molecule has 0 amide bonds. The highest BCUT2D eigenvalue weighted by atomic mass is 16.4. The van der Waals surface area contributed by atoms with Crippen molar-refractivity contribution in [2.24, 2.45) is 0 Å². The Kier molecular flexibility index (Phi) is 2.08. The molecule has 0 unspecified atom stereocenters. The van der Waals surface area contributed by atoms with Gasteiger partial charge >= 0.3 is 5.63 Å². The first kappa shape index (κ1) is 8.58. The van der Waals surface area contributed by atoms with Crippen LogP contribution in [0.2, 0.25) is 0 Å². The lowest BCUT2D eigenvalue weighted by Gasteiger charge is -1.95. The van der Waals surface area contributed by atoms with E-state index in [1.807, 2.05) is 18.2 Å². The van der Waals surface area contributed by atoms with E-state index in [-0.39, 0.29) is 5.63 Å². The Morgan fingerprint density at radius 1 is 1.29 bits per heavy atom. The zero-order valence-corrected chi connectivity index (χ0v) is 7.70. The third-order valence-corrected chi connectivity index (χ3v) is 1.90. The molecule has 2 heteroatoms. The monoisotopic (exact) mass is 184 g/mol. The van der Waals surface area contributed by atoms with Gasteiger partial charge in [-0.05, 0) is 19.1 Å². The van der Waals surface area contributed by atoms with Gasteiger partial charge in [0, 0.05) is 5.39 Å². The molecule has 68 valence electrons. The normalized spacial score (nSPS) is 9.50. The summed E-state index contributed by atoms with van der Waals surface area (Å²) in [7, 11) is 0. The molecule has 0 saturated heterocycles. The van der Waals surface area contributed by atoms with Gasteiger partial charge in [-0.1, -0.05) is 24.1 Å². The highest BCUT2D eigenvalue weighted by Gasteiger charge is 2.00. The van der Waals surface area contributed by atoms with Crippen LogP contribution in [0.1, 0.15) is 12.5 Å². The van der Waals surface area contributed by atoms with Crippen molar-refractivity contribution in [2.75, 3.05) is 0 Å². The lowest BCUT2D eigenvalue weighted by Crippen LogP contribution is -2.02. The number of benzene rings is 1. The van der Waals surface area contributed by atoms with E-state index < -0.39 is 0 Å². The number of rotatable bonds is 0. The fourth-order valence-corrected chi connectivity index (χ4v) is 1.28. The fourth-order valence-electron chi connectivity index (χ4n) is 1.28. The fraction of sp³-hybridized carbons (Fsp3) is 0.0833. The highest BCUT2D eigenvalue weighted by molar-refractivity contribution is 5.77. The molecule has 0 bridgehead atoms. The minimum Gasteiger partial charge on any atom is -0.422 e. The molecule has 14 heavy (non-hydrogen) atoms. The van der Waals surface area contributed by atoms with Crippen LogP contribution in [-0.4, -0.2) is 0 Å². The molecule has 2 rings (SSSR count). The minimum atomic E-state index is -0.377. The van der Waals surface area contributed by atoms with Gasteiger partial charge in [0.2, 0.25) is 0 Å². The molecular weight excluding hydrogens is 176 g/mol. The molecule has 1 aromatic heterocycles. The van der Waals surface area contributed by atoms with Crippen molar-refractivity contribution in [3.8, 4) is 11.8 Å². The molecular formula is C12H8O2. The zero-order valence-electron chi connectivity index (χ0n) is 7.70. The lowest BCUT2D eigenvalue weighted by molar-refractivity contribution is 0.559. The average molecular weight is 184 g/mol. The first-order chi connectivity index (χ1) is 6.81. The third-order valence-electron chi connectivity index (χ3n) is 1.90. The molecule has 0 fully saturated rings. The van der Waals surface area contributed by atoms with Crippen LogP contribution in [0.4, 0.5) is 0 Å². The maximum Gasteiger partial charge on any atom is 0.352 e. The second-order valence-electron chi connectivity index (χ2n) is 2.86. The van der Waals surface area contributed by atoms with E-state index in [1.54, 1.807) is 19.1 Å². The van der Waals surface area contributed by atoms with Crippen LogP contribution in [-0.2, 0) is 0 Å². The third kappa shape index (κ3) is 1.40. The van der Waals surface area contributed by atoms with Crippen LogP contribution in [0.3, 0.4) is 0 Å². The van der Waals surface area contributed by atoms with E-state index >= 15 is 0 Å². The van der Waals surface area contributed by atoms with Gasteiger partial charge in [0.25, 0.3) is 0 Å². The summed E-state index contributed by atoms with van der Waals surface area (Å²) in [5.74, 6) is 5.39. The van der Waals surface area contributed by atoms with Crippen molar-refractivity contribution in [1.82, 2.24) is 0 Å². The Balaban J connectivity index is 2.82. The smallest absolute Gasteiger partial charge is 0.352 e. The number of fused-ring (bicyclic) bond motifs is 1. The van der Waals surface area contributed by atoms with Gasteiger partial charge in [-0.3, -0.25) is 0 Å². The Hall–Kier alpha value is -2.01. The first-order valence-electron chi connectivity index (χ1n) is 4.27. The molecule has 0 aliphatic rings. The standard InChI is InChI=1S/C12H8O2/c1-2-5-10-8-9-6-3-4-7-11(9)14-12(10)13/h3-4,6-8H,1H3. The summed E-state index contributed by atoms with van der Waals surface area (Å²) in [6.07, 6.45) is 0. The summed E-state index contributed by atoms with van der Waals surface area (Å²) >= 11 is 0. The first-order valence-corrected chi connectivity index (χ1v) is 4.27. The Morgan fingerprint density at radius 3 is 2.86 bits per heavy atom. The van der Waals surface area contributed by atoms with Crippen molar-refractivity contribution in [3.05, 3.63) is 46.3 Å². The zero-order chi connectivity index (χ0) is 9.97. The second kappa shape index (κ2) is 3.39. The topological polar surface area (TPSA) is 30.2 Å². The van der Waals surface area contributed by atoms with E-state index in [1.165, 1.54) is 0 Å². The highest BCUT2D eigenvalue weighted by Crippen LogP contribution is 2.11. The molecule has 0 radical (unpaired) electrons. The summed E-state index contributed by atoms with van der Waals surface area (Å²) in [6.45, 7) is 1.69. The second-order valence-corrected chi connectivity index (χ2v) is 2.86. The van der Waals surface area contributed by atoms with Gasteiger partial charge in [0.1, 0.15) is 11.1 Å². The van der Waals surface area contributed by atoms with Gasteiger partial charge in [0.15, 0.2) is 0 Å². The van der Waals surface area contributed by atoms with Gasteiger partial charge in [-0.25, -0.2) is 4.79 Å². The summed E-state index contributed by atoms with van der Waals surface area (Å²) in [4.78, 5) is 11.4. The maximum absolute atomic E-state index is 11.4. The van der Waals surface area contributed by atoms with Crippen LogP contribution in [0.5, 0.6) is 0 Å². The SMILES string of the molecule is CC#Cc1cc2ccccc2oc1=O. The largest absolute Gasteiger partial charge is 0.422 e. The molecule has 0 atom stereocenters. The minimum absolute atomic E-state index is 0.377. The van der Waals surface area contributed by atoms with E-state index in [0.717, 1.165) is 5.39 Å². The van der Waals surface area contributed by atoms with Crippen LogP contribution < -0.4 is 5.63 Å². The van der Waals surface area contributed by atoms with Gasteiger partial charge < -0.3 is 4.42 Å². The molecule has 1 aromatic carbocycles. The summed E-state index contributed by atoms with van der Waals surface area (Å²) in [5.41, 5.74) is 0.628. The molecule has 0 N–H and O–H groups in total. The molecule has 0 aliphatic heterocycles. The summed E-state index contributed by atoms with van der Waals surface area (Å²) < 4.78 is 5.09. The van der Waals surface area contributed by atoms with Gasteiger partial charge in [-0.15, -0.1) is 5.92 Å². The predicted octanol–water partition coefficient (Wildman–Crippen LogP) is 2.16. The Morgan fingerprint density at radius 2 is 2.07 bits per heavy atom. The molecule has 2 aromatic rings. The van der Waals surface area contributed by atoms with Crippen molar-refractivity contribution in [3.63, 3.8) is 0 Å². The van der Waals surface area contributed by atoms with E-state index in [2.05, 4.69) is 11.8 Å². The summed E-state index contributed by atoms with van der Waals surface area (Å²) in [6, 6.07) is 9.12. The molecule has 1 heterocycles. The molecule has 2 nitrogen and oxygen atoms in total. The van der Waals surface area contributed by atoms with Crippen molar-refractivity contribution in [1.29, 1.82) is 0 Å². The van der Waals surface area contributed by atoms with Crippen molar-refractivity contribution in [2.45, 2.75) is 6.92 Å². The van der Waals surface area contributed by atoms with Crippen molar-refractivity contribution >= 4 is 11.0 Å².